The molecule has 2 heterocycles. The van der Waals surface area contributed by atoms with Crippen LogP contribution in [0.25, 0.3) is 16.6 Å². The van der Waals surface area contributed by atoms with Crippen LogP contribution in [0.3, 0.4) is 0 Å². The van der Waals surface area contributed by atoms with Gasteiger partial charge in [0.15, 0.2) is 22.4 Å². The number of Topliss-reactive ketones (excluding diaryl/α,β-unsaturated/α-hetero) is 1. The molecule has 4 aromatic rings. The molecule has 6 nitrogen and oxygen atoms in total. The highest BCUT2D eigenvalue weighted by atomic mass is 35.5. The maximum atomic E-state index is 13.3. The summed E-state index contributed by atoms with van der Waals surface area (Å²) < 4.78 is 12.3. The van der Waals surface area contributed by atoms with Crippen molar-refractivity contribution in [3.63, 3.8) is 0 Å². The van der Waals surface area contributed by atoms with Crippen molar-refractivity contribution in [3.8, 4) is 17.2 Å². The van der Waals surface area contributed by atoms with Crippen LogP contribution >= 0.6 is 23.4 Å². The summed E-state index contributed by atoms with van der Waals surface area (Å²) in [5.41, 5.74) is 1.50. The maximum Gasteiger partial charge on any atom is 0.266 e. The molecule has 1 aliphatic rings. The summed E-state index contributed by atoms with van der Waals surface area (Å²) in [7, 11) is 0. The second-order valence-electron chi connectivity index (χ2n) is 6.81. The molecule has 1 aliphatic heterocycles. The molecule has 5 rings (SSSR count). The number of ether oxygens (including phenoxy) is 2. The molecule has 0 radical (unpaired) electrons. The summed E-state index contributed by atoms with van der Waals surface area (Å²) >= 11 is 7.12. The number of hydrogen-bond acceptors (Lipinski definition) is 6. The third-order valence-corrected chi connectivity index (χ3v) is 6.05. The second kappa shape index (κ2) is 8.09. The highest BCUT2D eigenvalue weighted by Gasteiger charge is 2.19. The first-order valence-electron chi connectivity index (χ1n) is 9.43. The Labute approximate surface area is 186 Å². The van der Waals surface area contributed by atoms with E-state index in [1.54, 1.807) is 60.7 Å². The van der Waals surface area contributed by atoms with Crippen LogP contribution in [-0.2, 0) is 0 Å². The van der Waals surface area contributed by atoms with Crippen molar-refractivity contribution in [3.05, 3.63) is 87.7 Å². The number of rotatable bonds is 5. The second-order valence-corrected chi connectivity index (χ2v) is 8.19. The number of fused-ring (bicyclic) bond motifs is 2. The van der Waals surface area contributed by atoms with E-state index in [2.05, 4.69) is 4.98 Å². The van der Waals surface area contributed by atoms with Gasteiger partial charge in [-0.3, -0.25) is 14.2 Å². The van der Waals surface area contributed by atoms with Gasteiger partial charge in [0, 0.05) is 16.7 Å². The number of benzene rings is 3. The SMILES string of the molecule is O=C(CSc1nc2ccccc2c(=O)n1-c1ccc2c(c1)OCO2)c1ccc(Cl)cc1. The fourth-order valence-electron chi connectivity index (χ4n) is 3.31. The molecular weight excluding hydrogens is 436 g/mol. The Hall–Kier alpha value is -3.29. The van der Waals surface area contributed by atoms with Crippen LogP contribution < -0.4 is 15.0 Å². The first-order chi connectivity index (χ1) is 15.1. The van der Waals surface area contributed by atoms with Crippen LogP contribution in [0.15, 0.2) is 76.7 Å². The van der Waals surface area contributed by atoms with Gasteiger partial charge in [-0.25, -0.2) is 4.98 Å². The van der Waals surface area contributed by atoms with Crippen LogP contribution in [0.1, 0.15) is 10.4 Å². The molecule has 0 saturated carbocycles. The molecule has 0 aliphatic carbocycles. The van der Waals surface area contributed by atoms with E-state index >= 15 is 0 Å². The average molecular weight is 451 g/mol. The molecule has 8 heteroatoms. The van der Waals surface area contributed by atoms with Crippen LogP contribution in [-0.4, -0.2) is 27.9 Å². The molecule has 3 aromatic carbocycles. The number of ketones is 1. The lowest BCUT2D eigenvalue weighted by molar-refractivity contribution is 0.102. The Morgan fingerprint density at radius 1 is 1.03 bits per heavy atom. The Morgan fingerprint density at radius 3 is 2.65 bits per heavy atom. The summed E-state index contributed by atoms with van der Waals surface area (Å²) in [6.07, 6.45) is 0. The minimum Gasteiger partial charge on any atom is -0.454 e. The molecule has 0 amide bonds. The van der Waals surface area contributed by atoms with E-state index in [-0.39, 0.29) is 23.9 Å². The summed E-state index contributed by atoms with van der Waals surface area (Å²) in [5, 5.41) is 1.48. The van der Waals surface area contributed by atoms with E-state index < -0.39 is 0 Å². The number of halogens is 1. The maximum absolute atomic E-state index is 13.3. The number of carbonyl (C=O) groups is 1. The number of para-hydroxylation sites is 1. The van der Waals surface area contributed by atoms with Gasteiger partial charge < -0.3 is 9.47 Å². The predicted octanol–water partition coefficient (Wildman–Crippen LogP) is 4.74. The van der Waals surface area contributed by atoms with E-state index in [1.807, 2.05) is 6.07 Å². The highest BCUT2D eigenvalue weighted by molar-refractivity contribution is 7.99. The van der Waals surface area contributed by atoms with Crippen molar-refractivity contribution in [2.45, 2.75) is 5.16 Å². The Bertz CT molecular complexity index is 1370. The molecule has 0 N–H and O–H groups in total. The van der Waals surface area contributed by atoms with Gasteiger partial charge in [0.05, 0.1) is 22.3 Å². The van der Waals surface area contributed by atoms with Gasteiger partial charge in [-0.1, -0.05) is 35.5 Å². The highest BCUT2D eigenvalue weighted by Crippen LogP contribution is 2.34. The van der Waals surface area contributed by atoms with E-state index in [9.17, 15) is 9.59 Å². The molecule has 0 atom stereocenters. The topological polar surface area (TPSA) is 70.4 Å². The molecular formula is C23H15ClN2O4S. The van der Waals surface area contributed by atoms with Crippen molar-refractivity contribution < 1.29 is 14.3 Å². The molecule has 0 fully saturated rings. The first-order valence-corrected chi connectivity index (χ1v) is 10.8. The number of thioether (sulfide) groups is 1. The molecule has 0 saturated heterocycles. The summed E-state index contributed by atoms with van der Waals surface area (Å²) in [6, 6.07) is 19.1. The van der Waals surface area contributed by atoms with Gasteiger partial charge in [-0.15, -0.1) is 0 Å². The fourth-order valence-corrected chi connectivity index (χ4v) is 4.34. The predicted molar refractivity (Wildman–Crippen MR) is 120 cm³/mol. The van der Waals surface area contributed by atoms with Crippen LogP contribution in [0.5, 0.6) is 11.5 Å². The molecule has 1 aromatic heterocycles. The Kier molecular flexibility index (Phi) is 5.13. The van der Waals surface area contributed by atoms with Crippen molar-refractivity contribution in [2.24, 2.45) is 0 Å². The Morgan fingerprint density at radius 2 is 1.81 bits per heavy atom. The standard InChI is InChI=1S/C23H15ClN2O4S/c24-15-7-5-14(6-8-15)19(27)12-31-23-25-18-4-2-1-3-17(18)22(28)26(23)16-9-10-20-21(11-16)30-13-29-20/h1-11H,12-13H2. The zero-order valence-corrected chi connectivity index (χ0v) is 17.7. The van der Waals surface area contributed by atoms with E-state index in [0.717, 1.165) is 0 Å². The molecule has 154 valence electrons. The van der Waals surface area contributed by atoms with Gasteiger partial charge in [0.2, 0.25) is 6.79 Å². The van der Waals surface area contributed by atoms with Gasteiger partial charge in [0.1, 0.15) is 0 Å². The van der Waals surface area contributed by atoms with Crippen molar-refractivity contribution in [2.75, 3.05) is 12.5 Å². The fraction of sp³-hybridized carbons (Fsp3) is 0.0870. The summed E-state index contributed by atoms with van der Waals surface area (Å²) in [6.45, 7) is 0.140. The number of carbonyl (C=O) groups excluding carboxylic acids is 1. The summed E-state index contributed by atoms with van der Waals surface area (Å²) in [5.74, 6) is 1.22. The average Bonchev–Trinajstić information content (AvgIpc) is 3.26. The lowest BCUT2D eigenvalue weighted by atomic mass is 10.1. The number of hydrogen-bond donors (Lipinski definition) is 0. The van der Waals surface area contributed by atoms with Crippen LogP contribution in [0.4, 0.5) is 0 Å². The molecule has 31 heavy (non-hydrogen) atoms. The number of nitrogens with zero attached hydrogens (tertiary/aromatic N) is 2. The molecule has 0 unspecified atom stereocenters. The smallest absolute Gasteiger partial charge is 0.266 e. The van der Waals surface area contributed by atoms with Gasteiger partial charge in [-0.2, -0.15) is 0 Å². The van der Waals surface area contributed by atoms with Gasteiger partial charge >= 0.3 is 0 Å². The third kappa shape index (κ3) is 3.78. The van der Waals surface area contributed by atoms with Crippen molar-refractivity contribution in [1.29, 1.82) is 0 Å². The third-order valence-electron chi connectivity index (χ3n) is 4.86. The zero-order valence-electron chi connectivity index (χ0n) is 16.1. The van der Waals surface area contributed by atoms with Crippen molar-refractivity contribution in [1.82, 2.24) is 9.55 Å². The normalized spacial score (nSPS) is 12.3. The largest absolute Gasteiger partial charge is 0.454 e. The Balaban J connectivity index is 1.56. The summed E-state index contributed by atoms with van der Waals surface area (Å²) in [4.78, 5) is 30.7. The number of aromatic nitrogens is 2. The van der Waals surface area contributed by atoms with Crippen molar-refractivity contribution >= 4 is 40.0 Å². The minimum absolute atomic E-state index is 0.0821. The van der Waals surface area contributed by atoms with Gasteiger partial charge in [0.25, 0.3) is 5.56 Å². The zero-order chi connectivity index (χ0) is 21.4. The monoisotopic (exact) mass is 450 g/mol. The molecule has 0 bridgehead atoms. The van der Waals surface area contributed by atoms with Crippen LogP contribution in [0.2, 0.25) is 5.02 Å². The van der Waals surface area contributed by atoms with E-state index in [1.165, 1.54) is 16.3 Å². The van der Waals surface area contributed by atoms with E-state index in [0.29, 0.717) is 43.8 Å². The lowest BCUT2D eigenvalue weighted by Crippen LogP contribution is -2.22. The quantitative estimate of drug-likeness (QED) is 0.248. The molecule has 0 spiro atoms. The minimum atomic E-state index is -0.217. The van der Waals surface area contributed by atoms with Gasteiger partial charge in [-0.05, 0) is 48.5 Å². The first kappa shape index (κ1) is 19.7. The van der Waals surface area contributed by atoms with Crippen LogP contribution in [0, 0.1) is 0 Å². The van der Waals surface area contributed by atoms with E-state index in [4.69, 9.17) is 21.1 Å². The lowest BCUT2D eigenvalue weighted by Gasteiger charge is -2.13.